The molecule has 2 rings (SSSR count). The van der Waals surface area contributed by atoms with Gasteiger partial charge in [0, 0.05) is 24.8 Å². The molecule has 2 heterocycles. The van der Waals surface area contributed by atoms with Gasteiger partial charge in [-0.05, 0) is 25.3 Å². The van der Waals surface area contributed by atoms with E-state index >= 15 is 0 Å². The molecule has 0 radical (unpaired) electrons. The summed E-state index contributed by atoms with van der Waals surface area (Å²) < 4.78 is 5.11. The molecule has 114 valence electrons. The molecule has 1 aliphatic rings. The molecule has 3 N–H and O–H groups in total. The summed E-state index contributed by atoms with van der Waals surface area (Å²) in [6.07, 6.45) is 4.15. The van der Waals surface area contributed by atoms with Crippen molar-refractivity contribution in [1.29, 1.82) is 0 Å². The van der Waals surface area contributed by atoms with Crippen LogP contribution in [0.2, 0.25) is 0 Å². The number of amides is 3. The fourth-order valence-corrected chi connectivity index (χ4v) is 2.20. The van der Waals surface area contributed by atoms with Gasteiger partial charge in [-0.25, -0.2) is 9.78 Å². The maximum absolute atomic E-state index is 11.9. The standard InChI is InChI=1S/C14H20N4O3/c1-21-13-10(5-4-8-16-13)9-17-14(20)18-11-6-2-3-7-15-12(11)19/h4-5,8,11H,2-3,6-7,9H2,1H3,(H,15,19)(H2,17,18,20). The third-order valence-corrected chi connectivity index (χ3v) is 3.32. The number of rotatable bonds is 4. The Kier molecular flexibility index (Phi) is 5.36. The Morgan fingerprint density at radius 2 is 2.38 bits per heavy atom. The van der Waals surface area contributed by atoms with Crippen LogP contribution >= 0.6 is 0 Å². The lowest BCUT2D eigenvalue weighted by molar-refractivity contribution is -0.122. The summed E-state index contributed by atoms with van der Waals surface area (Å²) in [5.74, 6) is 0.353. The van der Waals surface area contributed by atoms with Crippen LogP contribution in [0.25, 0.3) is 0 Å². The number of methoxy groups -OCH3 is 1. The second-order valence-corrected chi connectivity index (χ2v) is 4.84. The molecule has 0 spiro atoms. The number of pyridine rings is 1. The molecule has 0 bridgehead atoms. The van der Waals surface area contributed by atoms with Crippen molar-refractivity contribution in [2.75, 3.05) is 13.7 Å². The summed E-state index contributed by atoms with van der Waals surface area (Å²) in [6, 6.07) is 2.76. The van der Waals surface area contributed by atoms with Crippen molar-refractivity contribution in [3.8, 4) is 5.88 Å². The van der Waals surface area contributed by atoms with E-state index in [2.05, 4.69) is 20.9 Å². The Morgan fingerprint density at radius 3 is 3.19 bits per heavy atom. The van der Waals surface area contributed by atoms with Crippen LogP contribution < -0.4 is 20.7 Å². The van der Waals surface area contributed by atoms with Gasteiger partial charge in [0.1, 0.15) is 6.04 Å². The predicted molar refractivity (Wildman–Crippen MR) is 76.8 cm³/mol. The van der Waals surface area contributed by atoms with Crippen molar-refractivity contribution in [3.63, 3.8) is 0 Å². The molecule has 21 heavy (non-hydrogen) atoms. The topological polar surface area (TPSA) is 92.3 Å². The first-order valence-electron chi connectivity index (χ1n) is 7.00. The zero-order chi connectivity index (χ0) is 15.1. The van der Waals surface area contributed by atoms with Gasteiger partial charge in [-0.15, -0.1) is 0 Å². The highest BCUT2D eigenvalue weighted by Crippen LogP contribution is 2.12. The van der Waals surface area contributed by atoms with Crippen molar-refractivity contribution in [3.05, 3.63) is 23.9 Å². The highest BCUT2D eigenvalue weighted by Gasteiger charge is 2.22. The largest absolute Gasteiger partial charge is 0.481 e. The summed E-state index contributed by atoms with van der Waals surface area (Å²) in [4.78, 5) is 27.7. The third kappa shape index (κ3) is 4.34. The van der Waals surface area contributed by atoms with Gasteiger partial charge in [-0.3, -0.25) is 4.79 Å². The number of carbonyl (C=O) groups is 2. The molecule has 1 aromatic rings. The number of aromatic nitrogens is 1. The van der Waals surface area contributed by atoms with E-state index < -0.39 is 6.04 Å². The molecule has 7 nitrogen and oxygen atoms in total. The molecule has 3 amide bonds. The highest BCUT2D eigenvalue weighted by molar-refractivity contribution is 5.87. The van der Waals surface area contributed by atoms with Crippen LogP contribution in [0.3, 0.4) is 0 Å². The SMILES string of the molecule is COc1ncccc1CNC(=O)NC1CCCCNC1=O. The lowest BCUT2D eigenvalue weighted by atomic mass is 10.1. The quantitative estimate of drug-likeness (QED) is 0.756. The van der Waals surface area contributed by atoms with E-state index in [1.165, 1.54) is 7.11 Å². The van der Waals surface area contributed by atoms with Crippen LogP contribution in [0.4, 0.5) is 4.79 Å². The maximum atomic E-state index is 11.9. The number of hydrogen-bond donors (Lipinski definition) is 3. The molecule has 0 saturated carbocycles. The molecule has 7 heteroatoms. The predicted octanol–water partition coefficient (Wildman–Crippen LogP) is 0.558. The van der Waals surface area contributed by atoms with E-state index in [-0.39, 0.29) is 18.5 Å². The molecule has 1 aromatic heterocycles. The van der Waals surface area contributed by atoms with Gasteiger partial charge in [0.25, 0.3) is 0 Å². The minimum absolute atomic E-state index is 0.124. The minimum atomic E-state index is -0.469. The van der Waals surface area contributed by atoms with Gasteiger partial charge in [0.2, 0.25) is 11.8 Å². The highest BCUT2D eigenvalue weighted by atomic mass is 16.5. The fraction of sp³-hybridized carbons (Fsp3) is 0.500. The number of urea groups is 1. The average molecular weight is 292 g/mol. The second kappa shape index (κ2) is 7.47. The Morgan fingerprint density at radius 1 is 1.52 bits per heavy atom. The maximum Gasteiger partial charge on any atom is 0.315 e. The number of ether oxygens (including phenoxy) is 1. The van der Waals surface area contributed by atoms with Crippen molar-refractivity contribution < 1.29 is 14.3 Å². The zero-order valence-corrected chi connectivity index (χ0v) is 12.0. The van der Waals surface area contributed by atoms with Gasteiger partial charge < -0.3 is 20.7 Å². The molecule has 1 atom stereocenters. The van der Waals surface area contributed by atoms with Gasteiger partial charge in [-0.2, -0.15) is 0 Å². The zero-order valence-electron chi connectivity index (χ0n) is 12.0. The van der Waals surface area contributed by atoms with E-state index in [4.69, 9.17) is 4.74 Å². The Balaban J connectivity index is 1.85. The molecule has 1 fully saturated rings. The minimum Gasteiger partial charge on any atom is -0.481 e. The van der Waals surface area contributed by atoms with E-state index in [1.807, 2.05) is 6.07 Å². The summed E-state index contributed by atoms with van der Waals surface area (Å²) in [6.45, 7) is 0.961. The normalized spacial score (nSPS) is 18.3. The number of nitrogens with zero attached hydrogens (tertiary/aromatic N) is 1. The Bertz CT molecular complexity index is 507. The van der Waals surface area contributed by atoms with Gasteiger partial charge >= 0.3 is 6.03 Å². The number of hydrogen-bond acceptors (Lipinski definition) is 4. The molecule has 0 aliphatic carbocycles. The Hall–Kier alpha value is -2.31. The number of carbonyl (C=O) groups excluding carboxylic acids is 2. The van der Waals surface area contributed by atoms with Crippen LogP contribution in [0.15, 0.2) is 18.3 Å². The van der Waals surface area contributed by atoms with Crippen LogP contribution in [0.5, 0.6) is 5.88 Å². The van der Waals surface area contributed by atoms with Crippen molar-refractivity contribution >= 4 is 11.9 Å². The first-order chi connectivity index (χ1) is 10.2. The van der Waals surface area contributed by atoms with E-state index in [0.29, 0.717) is 18.8 Å². The number of nitrogens with one attached hydrogen (secondary N) is 3. The van der Waals surface area contributed by atoms with Crippen LogP contribution in [0, 0.1) is 0 Å². The first-order valence-corrected chi connectivity index (χ1v) is 7.00. The lowest BCUT2D eigenvalue weighted by Crippen LogP contribution is -2.48. The lowest BCUT2D eigenvalue weighted by Gasteiger charge is -2.16. The molecule has 0 aromatic carbocycles. The van der Waals surface area contributed by atoms with Crippen LogP contribution in [-0.2, 0) is 11.3 Å². The monoisotopic (exact) mass is 292 g/mol. The van der Waals surface area contributed by atoms with Crippen molar-refractivity contribution in [1.82, 2.24) is 20.9 Å². The summed E-state index contributed by atoms with van der Waals surface area (Å²) in [5.41, 5.74) is 0.778. The summed E-state index contributed by atoms with van der Waals surface area (Å²) in [5, 5.41) is 8.19. The van der Waals surface area contributed by atoms with Crippen molar-refractivity contribution in [2.24, 2.45) is 0 Å². The van der Waals surface area contributed by atoms with Crippen molar-refractivity contribution in [2.45, 2.75) is 31.8 Å². The molecule has 1 aliphatic heterocycles. The molecular weight excluding hydrogens is 272 g/mol. The fourth-order valence-electron chi connectivity index (χ4n) is 2.20. The summed E-state index contributed by atoms with van der Waals surface area (Å²) >= 11 is 0. The summed E-state index contributed by atoms with van der Waals surface area (Å²) in [7, 11) is 1.53. The molecule has 1 unspecified atom stereocenters. The van der Waals surface area contributed by atoms with Gasteiger partial charge in [0.15, 0.2) is 0 Å². The van der Waals surface area contributed by atoms with E-state index in [0.717, 1.165) is 18.4 Å². The smallest absolute Gasteiger partial charge is 0.315 e. The molecular formula is C14H20N4O3. The third-order valence-electron chi connectivity index (χ3n) is 3.32. The van der Waals surface area contributed by atoms with Crippen LogP contribution in [-0.4, -0.2) is 36.6 Å². The van der Waals surface area contributed by atoms with Gasteiger partial charge in [-0.1, -0.05) is 6.07 Å². The average Bonchev–Trinajstić information content (AvgIpc) is 2.70. The molecule has 1 saturated heterocycles. The second-order valence-electron chi connectivity index (χ2n) is 4.84. The van der Waals surface area contributed by atoms with Crippen LogP contribution in [0.1, 0.15) is 24.8 Å². The Labute approximate surface area is 123 Å². The first kappa shape index (κ1) is 15.1. The van der Waals surface area contributed by atoms with Gasteiger partial charge in [0.05, 0.1) is 7.11 Å². The van der Waals surface area contributed by atoms with E-state index in [9.17, 15) is 9.59 Å². The van der Waals surface area contributed by atoms with E-state index in [1.54, 1.807) is 12.3 Å².